The Morgan fingerprint density at radius 2 is 1.83 bits per heavy atom. The molecule has 1 aliphatic rings. The molecule has 0 saturated carbocycles. The molecule has 1 aliphatic heterocycles. The van der Waals surface area contributed by atoms with Crippen molar-refractivity contribution in [3.8, 4) is 6.07 Å². The Balaban J connectivity index is 1.50. The molecule has 3 rings (SSSR count). The number of rotatable bonds is 5. The second-order valence-electron chi connectivity index (χ2n) is 6.53. The van der Waals surface area contributed by atoms with E-state index >= 15 is 0 Å². The molecule has 2 heterocycles. The third-order valence-corrected chi connectivity index (χ3v) is 4.55. The number of nitrogens with zero attached hydrogens (tertiary/aromatic N) is 4. The average Bonchev–Trinajstić information content (AvgIpc) is 2.63. The Morgan fingerprint density at radius 3 is 2.46 bits per heavy atom. The highest BCUT2D eigenvalue weighted by Crippen LogP contribution is 2.18. The third-order valence-electron chi connectivity index (χ3n) is 4.55. The van der Waals surface area contributed by atoms with Gasteiger partial charge in [-0.1, -0.05) is 31.2 Å². The van der Waals surface area contributed by atoms with Gasteiger partial charge in [0.15, 0.2) is 5.69 Å². The number of benzene rings is 1. The lowest BCUT2D eigenvalue weighted by Crippen LogP contribution is -2.32. The van der Waals surface area contributed by atoms with Crippen molar-refractivity contribution in [1.29, 1.82) is 5.26 Å². The number of piperidine rings is 1. The van der Waals surface area contributed by atoms with Gasteiger partial charge in [0.1, 0.15) is 11.9 Å². The zero-order chi connectivity index (χ0) is 16.8. The first-order valence-electron chi connectivity index (χ1n) is 8.49. The summed E-state index contributed by atoms with van der Waals surface area (Å²) in [7, 11) is 0. The van der Waals surface area contributed by atoms with Crippen LogP contribution in [0, 0.1) is 17.2 Å². The van der Waals surface area contributed by atoms with E-state index in [0.29, 0.717) is 18.1 Å². The number of nitrogens with one attached hydrogen (secondary N) is 1. The minimum Gasteiger partial charge on any atom is -0.365 e. The lowest BCUT2D eigenvalue weighted by Gasteiger charge is -2.30. The van der Waals surface area contributed by atoms with Crippen molar-refractivity contribution < 1.29 is 0 Å². The van der Waals surface area contributed by atoms with Crippen LogP contribution in [0.25, 0.3) is 0 Å². The molecule has 1 aromatic heterocycles. The highest BCUT2D eigenvalue weighted by Gasteiger charge is 2.15. The molecular formula is C19H23N5. The molecule has 1 aromatic carbocycles. The van der Waals surface area contributed by atoms with Gasteiger partial charge >= 0.3 is 0 Å². The summed E-state index contributed by atoms with van der Waals surface area (Å²) in [5, 5.41) is 11.9. The molecule has 124 valence electrons. The van der Waals surface area contributed by atoms with Crippen molar-refractivity contribution in [2.24, 2.45) is 5.92 Å². The Kier molecular flexibility index (Phi) is 5.39. The van der Waals surface area contributed by atoms with E-state index in [0.717, 1.165) is 12.5 Å². The lowest BCUT2D eigenvalue weighted by molar-refractivity contribution is 0.185. The van der Waals surface area contributed by atoms with Crippen LogP contribution in [-0.2, 0) is 13.1 Å². The minimum atomic E-state index is 0.331. The first-order valence-corrected chi connectivity index (χ1v) is 8.49. The molecule has 0 unspecified atom stereocenters. The molecule has 5 nitrogen and oxygen atoms in total. The van der Waals surface area contributed by atoms with Gasteiger partial charge in [0.05, 0.1) is 12.4 Å². The summed E-state index contributed by atoms with van der Waals surface area (Å²) in [6.45, 7) is 6.50. The van der Waals surface area contributed by atoms with E-state index in [4.69, 9.17) is 5.26 Å². The predicted molar refractivity (Wildman–Crippen MR) is 94.2 cm³/mol. The highest BCUT2D eigenvalue weighted by molar-refractivity contribution is 5.35. The van der Waals surface area contributed by atoms with Gasteiger partial charge in [-0.2, -0.15) is 5.26 Å². The van der Waals surface area contributed by atoms with Gasteiger partial charge < -0.3 is 5.32 Å². The summed E-state index contributed by atoms with van der Waals surface area (Å²) in [6, 6.07) is 10.7. The van der Waals surface area contributed by atoms with Crippen LogP contribution in [0.1, 0.15) is 36.6 Å². The Bertz CT molecular complexity index is 679. The molecule has 1 saturated heterocycles. The Labute approximate surface area is 143 Å². The van der Waals surface area contributed by atoms with Crippen molar-refractivity contribution in [1.82, 2.24) is 14.9 Å². The summed E-state index contributed by atoms with van der Waals surface area (Å²) in [4.78, 5) is 10.7. The zero-order valence-corrected chi connectivity index (χ0v) is 14.1. The van der Waals surface area contributed by atoms with Crippen LogP contribution in [0.5, 0.6) is 0 Å². The van der Waals surface area contributed by atoms with Crippen LogP contribution >= 0.6 is 0 Å². The van der Waals surface area contributed by atoms with Gasteiger partial charge in [-0.25, -0.2) is 9.97 Å². The van der Waals surface area contributed by atoms with Gasteiger partial charge in [-0.3, -0.25) is 4.90 Å². The van der Waals surface area contributed by atoms with Crippen LogP contribution in [0.2, 0.25) is 0 Å². The molecule has 1 fully saturated rings. The monoisotopic (exact) mass is 321 g/mol. The molecule has 0 bridgehead atoms. The summed E-state index contributed by atoms with van der Waals surface area (Å²) >= 11 is 0. The molecule has 0 spiro atoms. The van der Waals surface area contributed by atoms with E-state index in [9.17, 15) is 0 Å². The standard InChI is InChI=1S/C19H23N5/c1-15-6-8-24(9-7-15)14-17-4-2-16(3-5-17)11-22-19-13-21-18(10-20)12-23-19/h2-5,12-13,15H,6-9,11,14H2,1H3,(H,22,23). The number of likely N-dealkylation sites (tertiary alicyclic amines) is 1. The minimum absolute atomic E-state index is 0.331. The van der Waals surface area contributed by atoms with Crippen molar-refractivity contribution in [2.45, 2.75) is 32.9 Å². The zero-order valence-electron chi connectivity index (χ0n) is 14.1. The molecule has 0 amide bonds. The molecule has 2 aromatic rings. The summed E-state index contributed by atoms with van der Waals surface area (Å²) in [5.41, 5.74) is 2.90. The smallest absolute Gasteiger partial charge is 0.158 e. The van der Waals surface area contributed by atoms with E-state index < -0.39 is 0 Å². The summed E-state index contributed by atoms with van der Waals surface area (Å²) < 4.78 is 0. The van der Waals surface area contributed by atoms with E-state index in [1.54, 1.807) is 6.20 Å². The van der Waals surface area contributed by atoms with Crippen LogP contribution in [0.3, 0.4) is 0 Å². The lowest BCUT2D eigenvalue weighted by atomic mass is 9.99. The van der Waals surface area contributed by atoms with E-state index in [-0.39, 0.29) is 0 Å². The van der Waals surface area contributed by atoms with Gasteiger partial charge in [-0.15, -0.1) is 0 Å². The SMILES string of the molecule is CC1CCN(Cc2ccc(CNc3cnc(C#N)cn3)cc2)CC1. The van der Waals surface area contributed by atoms with Crippen LogP contribution in [-0.4, -0.2) is 28.0 Å². The average molecular weight is 321 g/mol. The first-order chi connectivity index (χ1) is 11.7. The quantitative estimate of drug-likeness (QED) is 0.916. The topological polar surface area (TPSA) is 64.8 Å². The van der Waals surface area contributed by atoms with Gasteiger partial charge in [0, 0.05) is 13.1 Å². The van der Waals surface area contributed by atoms with Gasteiger partial charge in [-0.05, 0) is 43.0 Å². The number of nitriles is 1. The van der Waals surface area contributed by atoms with Crippen molar-refractivity contribution in [2.75, 3.05) is 18.4 Å². The van der Waals surface area contributed by atoms with Gasteiger partial charge in [0.2, 0.25) is 0 Å². The first kappa shape index (κ1) is 16.4. The fourth-order valence-electron chi connectivity index (χ4n) is 2.91. The maximum absolute atomic E-state index is 8.72. The van der Waals surface area contributed by atoms with E-state index in [2.05, 4.69) is 51.4 Å². The third kappa shape index (κ3) is 4.53. The predicted octanol–water partition coefficient (Wildman–Crippen LogP) is 3.19. The number of hydrogen-bond acceptors (Lipinski definition) is 5. The van der Waals surface area contributed by atoms with Crippen LogP contribution in [0.4, 0.5) is 5.82 Å². The van der Waals surface area contributed by atoms with Gasteiger partial charge in [0.25, 0.3) is 0 Å². The maximum Gasteiger partial charge on any atom is 0.158 e. The molecule has 5 heteroatoms. The molecule has 0 atom stereocenters. The maximum atomic E-state index is 8.72. The van der Waals surface area contributed by atoms with E-state index in [1.165, 1.54) is 43.3 Å². The number of anilines is 1. The second-order valence-corrected chi connectivity index (χ2v) is 6.53. The molecule has 0 radical (unpaired) electrons. The summed E-state index contributed by atoms with van der Waals surface area (Å²) in [5.74, 6) is 1.56. The Hall–Kier alpha value is -2.45. The number of hydrogen-bond donors (Lipinski definition) is 1. The molecule has 24 heavy (non-hydrogen) atoms. The highest BCUT2D eigenvalue weighted by atomic mass is 15.1. The largest absolute Gasteiger partial charge is 0.365 e. The van der Waals surface area contributed by atoms with Crippen molar-refractivity contribution in [3.63, 3.8) is 0 Å². The normalized spacial score (nSPS) is 15.8. The fourth-order valence-corrected chi connectivity index (χ4v) is 2.91. The van der Waals surface area contributed by atoms with Crippen molar-refractivity contribution >= 4 is 5.82 Å². The number of aromatic nitrogens is 2. The van der Waals surface area contributed by atoms with Crippen LogP contribution in [0.15, 0.2) is 36.7 Å². The second kappa shape index (κ2) is 7.89. The molecular weight excluding hydrogens is 298 g/mol. The summed E-state index contributed by atoms with van der Waals surface area (Å²) in [6.07, 6.45) is 5.69. The van der Waals surface area contributed by atoms with Crippen LogP contribution < -0.4 is 5.32 Å². The van der Waals surface area contributed by atoms with Crippen molar-refractivity contribution in [3.05, 3.63) is 53.5 Å². The fraction of sp³-hybridized carbons (Fsp3) is 0.421. The Morgan fingerprint density at radius 1 is 1.12 bits per heavy atom. The molecule has 1 N–H and O–H groups in total. The molecule has 0 aliphatic carbocycles. The van der Waals surface area contributed by atoms with E-state index in [1.807, 2.05) is 6.07 Å².